The van der Waals surface area contributed by atoms with Crippen LogP contribution < -0.4 is 5.73 Å². The normalized spacial score (nSPS) is 11.0. The van der Waals surface area contributed by atoms with Gasteiger partial charge in [-0.3, -0.25) is 10.5 Å². The molecular weight excluding hydrogens is 289 g/mol. The molecule has 0 aromatic carbocycles. The average molecular weight is 326 g/mol. The number of hydrogen-bond donors (Lipinski definition) is 1. The summed E-state index contributed by atoms with van der Waals surface area (Å²) in [6.07, 6.45) is 14.7. The fourth-order valence-electron chi connectivity index (χ4n) is 2.28. The summed E-state index contributed by atoms with van der Waals surface area (Å²) < 4.78 is 5.07. The van der Waals surface area contributed by atoms with E-state index in [0.717, 1.165) is 12.8 Å². The van der Waals surface area contributed by atoms with Crippen LogP contribution in [0.5, 0.6) is 0 Å². The molecule has 0 aliphatic rings. The van der Waals surface area contributed by atoms with Crippen molar-refractivity contribution in [2.45, 2.75) is 104 Å². The van der Waals surface area contributed by atoms with E-state index in [1.54, 1.807) is 13.8 Å². The Bertz CT molecular complexity index is 239. The zero-order valence-electron chi connectivity index (χ0n) is 13.9. The van der Waals surface area contributed by atoms with Gasteiger partial charge in [0.25, 0.3) is 0 Å². The predicted molar refractivity (Wildman–Crippen MR) is 92.6 cm³/mol. The van der Waals surface area contributed by atoms with Gasteiger partial charge in [0, 0.05) is 6.42 Å². The van der Waals surface area contributed by atoms with Crippen LogP contribution in [0.2, 0.25) is 0 Å². The van der Waals surface area contributed by atoms with Gasteiger partial charge in [-0.15, -0.1) is 0 Å². The molecule has 4 heteroatoms. The van der Waals surface area contributed by atoms with Gasteiger partial charge in [-0.05, 0) is 20.3 Å². The Labute approximate surface area is 174 Å². The molecule has 0 aliphatic heterocycles. The van der Waals surface area contributed by atoms with Gasteiger partial charge in [0.2, 0.25) is 0 Å². The molecule has 0 radical (unpaired) electrons. The summed E-state index contributed by atoms with van der Waals surface area (Å²) in [4.78, 5) is 11.4. The second kappa shape index (κ2) is 15.9. The summed E-state index contributed by atoms with van der Waals surface area (Å²) in [5, 5.41) is 0. The number of ether oxygens (including phenoxy) is 1. The molecule has 0 aliphatic carbocycles. The number of nitrogens with two attached hydrogens (primary N) is 1. The van der Waals surface area contributed by atoms with Crippen LogP contribution in [-0.4, -0.2) is 63.1 Å². The molecule has 0 bridgehead atoms. The second-order valence-electron chi connectivity index (χ2n) is 6.36. The molecule has 0 aromatic rings. The van der Waals surface area contributed by atoms with Gasteiger partial charge in [-0.1, -0.05) is 71.1 Å². The van der Waals surface area contributed by atoms with Crippen molar-refractivity contribution in [3.05, 3.63) is 0 Å². The van der Waals surface area contributed by atoms with Crippen molar-refractivity contribution in [3.8, 4) is 0 Å². The first kappa shape index (κ1) is 24.3. The van der Waals surface area contributed by atoms with E-state index in [2.05, 4.69) is 6.92 Å². The summed E-state index contributed by atoms with van der Waals surface area (Å²) in [5.74, 6) is -0.173. The summed E-state index contributed by atoms with van der Waals surface area (Å²) in [7, 11) is 0. The van der Waals surface area contributed by atoms with Crippen LogP contribution in [0.4, 0.5) is 0 Å². The summed E-state index contributed by atoms with van der Waals surface area (Å²) in [5.41, 5.74) is 4.78. The van der Waals surface area contributed by atoms with E-state index >= 15 is 0 Å². The van der Waals surface area contributed by atoms with Gasteiger partial charge in [-0.25, -0.2) is 0 Å². The van der Waals surface area contributed by atoms with Crippen molar-refractivity contribution in [2.24, 2.45) is 5.73 Å². The summed E-state index contributed by atoms with van der Waals surface area (Å²) in [6, 6.07) is 0. The minimum absolute atomic E-state index is 0. The molecule has 0 rings (SSSR count). The van der Waals surface area contributed by atoms with Crippen molar-refractivity contribution in [1.29, 1.82) is 0 Å². The molecule has 0 atom stereocenters. The van der Waals surface area contributed by atoms with Crippen LogP contribution >= 0.6 is 0 Å². The van der Waals surface area contributed by atoms with Crippen molar-refractivity contribution >= 4 is 57.4 Å². The number of rotatable bonds is 13. The van der Waals surface area contributed by atoms with Crippen molar-refractivity contribution < 1.29 is 9.53 Å². The number of esters is 1. The molecule has 0 aromatic heterocycles. The first-order valence-corrected chi connectivity index (χ1v) is 8.46. The molecule has 3 nitrogen and oxygen atoms in total. The second-order valence-corrected chi connectivity index (χ2v) is 6.36. The third kappa shape index (κ3) is 21.1. The zero-order valence-corrected chi connectivity index (χ0v) is 13.9. The van der Waals surface area contributed by atoms with E-state index in [0.29, 0.717) is 6.42 Å². The predicted octanol–water partition coefficient (Wildman–Crippen LogP) is 4.28. The molecule has 122 valence electrons. The van der Waals surface area contributed by atoms with Gasteiger partial charge in [0.1, 0.15) is 0 Å². The standard InChI is InChI=1S/C17H35NO2.K.H/c1-4-5-6-7-8-9-10-11-12-13-14-15-16(19)20-17(2,3)18;;/h4-15,18H2,1-3H3;;. The van der Waals surface area contributed by atoms with Crippen LogP contribution in [-0.2, 0) is 9.53 Å². The summed E-state index contributed by atoms with van der Waals surface area (Å²) in [6.45, 7) is 5.65. The SMILES string of the molecule is CCCCCCCCCCCCCC(=O)OC(C)(C)N.[KH]. The third-order valence-corrected chi connectivity index (χ3v) is 3.36. The quantitative estimate of drug-likeness (QED) is 0.238. The molecule has 2 N–H and O–H groups in total. The molecule has 0 unspecified atom stereocenters. The minimum atomic E-state index is -0.838. The Hall–Kier alpha value is 1.07. The third-order valence-electron chi connectivity index (χ3n) is 3.36. The number of carbonyl (C=O) groups excluding carboxylic acids is 1. The molecule has 0 saturated carbocycles. The van der Waals surface area contributed by atoms with E-state index in [9.17, 15) is 4.79 Å². The molecule has 0 amide bonds. The first-order chi connectivity index (χ1) is 9.45. The summed E-state index contributed by atoms with van der Waals surface area (Å²) >= 11 is 0. The molecular formula is C17H36KNO2. The monoisotopic (exact) mass is 325 g/mol. The van der Waals surface area contributed by atoms with Gasteiger partial charge in [-0.2, -0.15) is 0 Å². The Morgan fingerprint density at radius 3 is 1.62 bits per heavy atom. The van der Waals surface area contributed by atoms with Crippen molar-refractivity contribution in [1.82, 2.24) is 0 Å². The fraction of sp³-hybridized carbons (Fsp3) is 0.941. The van der Waals surface area contributed by atoms with Crippen LogP contribution in [0.1, 0.15) is 97.8 Å². The average Bonchev–Trinajstić information content (AvgIpc) is 2.34. The zero-order chi connectivity index (χ0) is 15.3. The Kier molecular flexibility index (Phi) is 18.5. The van der Waals surface area contributed by atoms with Crippen LogP contribution in [0.25, 0.3) is 0 Å². The van der Waals surface area contributed by atoms with Gasteiger partial charge >= 0.3 is 57.4 Å². The van der Waals surface area contributed by atoms with E-state index < -0.39 is 5.72 Å². The van der Waals surface area contributed by atoms with E-state index in [1.165, 1.54) is 57.8 Å². The molecule has 0 spiro atoms. The van der Waals surface area contributed by atoms with Gasteiger partial charge in [0.15, 0.2) is 5.72 Å². The molecule has 21 heavy (non-hydrogen) atoms. The van der Waals surface area contributed by atoms with E-state index in [-0.39, 0.29) is 57.4 Å². The maximum absolute atomic E-state index is 11.4. The fourth-order valence-corrected chi connectivity index (χ4v) is 2.28. The van der Waals surface area contributed by atoms with Crippen molar-refractivity contribution in [3.63, 3.8) is 0 Å². The van der Waals surface area contributed by atoms with Crippen LogP contribution in [0.3, 0.4) is 0 Å². The molecule has 0 heterocycles. The Balaban J connectivity index is 0. The number of carbonyl (C=O) groups is 1. The number of unbranched alkanes of at least 4 members (excludes halogenated alkanes) is 10. The maximum atomic E-state index is 11.4. The first-order valence-electron chi connectivity index (χ1n) is 8.46. The number of hydrogen-bond acceptors (Lipinski definition) is 3. The van der Waals surface area contributed by atoms with Crippen LogP contribution in [0, 0.1) is 0 Å². The Morgan fingerprint density at radius 2 is 1.24 bits per heavy atom. The van der Waals surface area contributed by atoms with Gasteiger partial charge in [0.05, 0.1) is 0 Å². The van der Waals surface area contributed by atoms with E-state index in [1.807, 2.05) is 0 Å². The van der Waals surface area contributed by atoms with Gasteiger partial charge < -0.3 is 4.74 Å². The van der Waals surface area contributed by atoms with E-state index in [4.69, 9.17) is 10.5 Å². The molecule has 0 saturated heterocycles. The topological polar surface area (TPSA) is 52.3 Å². The van der Waals surface area contributed by atoms with Crippen LogP contribution in [0.15, 0.2) is 0 Å². The van der Waals surface area contributed by atoms with Crippen molar-refractivity contribution in [2.75, 3.05) is 0 Å². The Morgan fingerprint density at radius 1 is 0.857 bits per heavy atom. The molecule has 0 fully saturated rings.